The van der Waals surface area contributed by atoms with Gasteiger partial charge >= 0.3 is 0 Å². The largest absolute Gasteiger partial charge is 0.489 e. The van der Waals surface area contributed by atoms with Crippen molar-refractivity contribution in [1.82, 2.24) is 10.3 Å². The Morgan fingerprint density at radius 3 is 2.48 bits per heavy atom. The summed E-state index contributed by atoms with van der Waals surface area (Å²) in [5, 5.41) is 3.41. The fraction of sp³-hybridized carbons (Fsp3) is 0.722. The predicted octanol–water partition coefficient (Wildman–Crippen LogP) is 4.03. The van der Waals surface area contributed by atoms with E-state index in [9.17, 15) is 0 Å². The van der Waals surface area contributed by atoms with E-state index in [-0.39, 0.29) is 0 Å². The van der Waals surface area contributed by atoms with Gasteiger partial charge < -0.3 is 10.1 Å². The maximum Gasteiger partial charge on any atom is 0.138 e. The summed E-state index contributed by atoms with van der Waals surface area (Å²) in [4.78, 5) is 4.49. The SMILES string of the molecule is CC(C)CNCc1ccc(OC2CC(C)CC(C)C2)cn1. The summed E-state index contributed by atoms with van der Waals surface area (Å²) in [6.45, 7) is 10.9. The monoisotopic (exact) mass is 290 g/mol. The van der Waals surface area contributed by atoms with Gasteiger partial charge in [0.05, 0.1) is 18.0 Å². The molecule has 1 fully saturated rings. The van der Waals surface area contributed by atoms with Crippen LogP contribution in [0.4, 0.5) is 0 Å². The highest BCUT2D eigenvalue weighted by Gasteiger charge is 2.25. The van der Waals surface area contributed by atoms with Crippen LogP contribution in [0.15, 0.2) is 18.3 Å². The zero-order chi connectivity index (χ0) is 15.2. The van der Waals surface area contributed by atoms with Crippen LogP contribution in [0.3, 0.4) is 0 Å². The minimum Gasteiger partial charge on any atom is -0.489 e. The molecular formula is C18H30N2O. The summed E-state index contributed by atoms with van der Waals surface area (Å²) in [5.41, 5.74) is 1.08. The van der Waals surface area contributed by atoms with Gasteiger partial charge in [-0.3, -0.25) is 4.98 Å². The molecule has 2 atom stereocenters. The molecule has 0 aliphatic heterocycles. The second-order valence-corrected chi connectivity index (χ2v) is 7.17. The number of hydrogen-bond acceptors (Lipinski definition) is 3. The molecule has 118 valence electrons. The lowest BCUT2D eigenvalue weighted by Gasteiger charge is -2.31. The van der Waals surface area contributed by atoms with E-state index in [0.29, 0.717) is 12.0 Å². The van der Waals surface area contributed by atoms with Crippen LogP contribution in [0.25, 0.3) is 0 Å². The van der Waals surface area contributed by atoms with E-state index in [0.717, 1.165) is 36.4 Å². The van der Waals surface area contributed by atoms with Crippen LogP contribution in [0, 0.1) is 17.8 Å². The smallest absolute Gasteiger partial charge is 0.138 e. The Balaban J connectivity index is 1.81. The highest BCUT2D eigenvalue weighted by Crippen LogP contribution is 2.31. The van der Waals surface area contributed by atoms with Gasteiger partial charge in [0.2, 0.25) is 0 Å². The summed E-state index contributed by atoms with van der Waals surface area (Å²) >= 11 is 0. The van der Waals surface area contributed by atoms with Crippen LogP contribution in [-0.4, -0.2) is 17.6 Å². The van der Waals surface area contributed by atoms with Crippen LogP contribution in [0.1, 0.15) is 52.7 Å². The number of pyridine rings is 1. The fourth-order valence-electron chi connectivity index (χ4n) is 3.24. The van der Waals surface area contributed by atoms with E-state index in [2.05, 4.69) is 50.1 Å². The van der Waals surface area contributed by atoms with Crippen molar-refractivity contribution in [3.05, 3.63) is 24.0 Å². The molecule has 3 heteroatoms. The number of nitrogens with zero attached hydrogens (tertiary/aromatic N) is 1. The van der Waals surface area contributed by atoms with Crippen molar-refractivity contribution in [1.29, 1.82) is 0 Å². The first kappa shape index (κ1) is 16.3. The molecule has 1 saturated carbocycles. The van der Waals surface area contributed by atoms with Crippen LogP contribution in [-0.2, 0) is 6.54 Å². The Hall–Kier alpha value is -1.09. The highest BCUT2D eigenvalue weighted by atomic mass is 16.5. The minimum atomic E-state index is 0.357. The topological polar surface area (TPSA) is 34.1 Å². The van der Waals surface area contributed by atoms with E-state index in [1.807, 2.05) is 6.20 Å². The lowest BCUT2D eigenvalue weighted by molar-refractivity contribution is 0.101. The molecule has 3 nitrogen and oxygen atoms in total. The van der Waals surface area contributed by atoms with Gasteiger partial charge in [0.15, 0.2) is 0 Å². The number of nitrogens with one attached hydrogen (secondary N) is 1. The highest BCUT2D eigenvalue weighted by molar-refractivity contribution is 5.20. The van der Waals surface area contributed by atoms with Crippen molar-refractivity contribution in [3.63, 3.8) is 0 Å². The Labute approximate surface area is 129 Å². The van der Waals surface area contributed by atoms with Crippen molar-refractivity contribution >= 4 is 0 Å². The van der Waals surface area contributed by atoms with Crippen molar-refractivity contribution in [2.45, 2.75) is 59.6 Å². The normalized spacial score (nSPS) is 26.0. The Kier molecular flexibility index (Phi) is 6.04. The van der Waals surface area contributed by atoms with Crippen LogP contribution in [0.2, 0.25) is 0 Å². The van der Waals surface area contributed by atoms with Crippen molar-refractivity contribution in [2.24, 2.45) is 17.8 Å². The third-order valence-corrected chi connectivity index (χ3v) is 4.09. The third kappa shape index (κ3) is 5.66. The van der Waals surface area contributed by atoms with Gasteiger partial charge in [-0.15, -0.1) is 0 Å². The quantitative estimate of drug-likeness (QED) is 0.859. The third-order valence-electron chi connectivity index (χ3n) is 4.09. The number of hydrogen-bond donors (Lipinski definition) is 1. The first-order chi connectivity index (χ1) is 10.0. The van der Waals surface area contributed by atoms with Crippen molar-refractivity contribution in [2.75, 3.05) is 6.54 Å². The van der Waals surface area contributed by atoms with Gasteiger partial charge in [-0.2, -0.15) is 0 Å². The molecule has 2 unspecified atom stereocenters. The molecule has 0 radical (unpaired) electrons. The predicted molar refractivity (Wildman–Crippen MR) is 87.4 cm³/mol. The van der Waals surface area contributed by atoms with Gasteiger partial charge in [0, 0.05) is 6.54 Å². The lowest BCUT2D eigenvalue weighted by Crippen LogP contribution is -2.28. The summed E-state index contributed by atoms with van der Waals surface area (Å²) in [6.07, 6.45) is 5.90. The van der Waals surface area contributed by atoms with Crippen LogP contribution < -0.4 is 10.1 Å². The molecule has 1 heterocycles. The molecule has 21 heavy (non-hydrogen) atoms. The van der Waals surface area contributed by atoms with Crippen LogP contribution >= 0.6 is 0 Å². The molecule has 1 aromatic heterocycles. The van der Waals surface area contributed by atoms with E-state index in [4.69, 9.17) is 4.74 Å². The molecule has 1 aliphatic carbocycles. The van der Waals surface area contributed by atoms with Gasteiger partial charge in [0.1, 0.15) is 5.75 Å². The molecule has 1 aromatic rings. The number of ether oxygens (including phenoxy) is 1. The zero-order valence-electron chi connectivity index (χ0n) is 13.9. The van der Waals surface area contributed by atoms with Crippen LogP contribution in [0.5, 0.6) is 5.75 Å². The van der Waals surface area contributed by atoms with Crippen molar-refractivity contribution in [3.8, 4) is 5.75 Å². The zero-order valence-corrected chi connectivity index (χ0v) is 13.9. The van der Waals surface area contributed by atoms with Gasteiger partial charge in [0.25, 0.3) is 0 Å². The van der Waals surface area contributed by atoms with Gasteiger partial charge in [-0.1, -0.05) is 27.7 Å². The molecule has 0 saturated heterocycles. The van der Waals surface area contributed by atoms with E-state index in [1.165, 1.54) is 19.3 Å². The molecule has 1 N–H and O–H groups in total. The fourth-order valence-corrected chi connectivity index (χ4v) is 3.24. The molecule has 0 spiro atoms. The summed E-state index contributed by atoms with van der Waals surface area (Å²) in [7, 11) is 0. The minimum absolute atomic E-state index is 0.357. The molecule has 0 aromatic carbocycles. The molecular weight excluding hydrogens is 260 g/mol. The number of rotatable bonds is 6. The first-order valence-electron chi connectivity index (χ1n) is 8.35. The molecule has 2 rings (SSSR count). The second kappa shape index (κ2) is 7.79. The average Bonchev–Trinajstić information content (AvgIpc) is 2.39. The van der Waals surface area contributed by atoms with Gasteiger partial charge in [-0.05, 0) is 55.7 Å². The molecule has 0 amide bonds. The lowest BCUT2D eigenvalue weighted by atomic mass is 9.82. The summed E-state index contributed by atoms with van der Waals surface area (Å²) in [6, 6.07) is 4.13. The standard InChI is InChI=1S/C18H30N2O/c1-13(2)10-19-11-16-5-6-17(12-20-16)21-18-8-14(3)7-15(4)9-18/h5-6,12-15,18-19H,7-11H2,1-4H3. The average molecular weight is 290 g/mol. The second-order valence-electron chi connectivity index (χ2n) is 7.17. The molecule has 0 bridgehead atoms. The molecule has 1 aliphatic rings. The summed E-state index contributed by atoms with van der Waals surface area (Å²) in [5.74, 6) is 3.12. The number of aromatic nitrogens is 1. The Morgan fingerprint density at radius 1 is 1.19 bits per heavy atom. The Bertz CT molecular complexity index is 406. The van der Waals surface area contributed by atoms with Crippen molar-refractivity contribution < 1.29 is 4.74 Å². The van der Waals surface area contributed by atoms with Gasteiger partial charge in [-0.25, -0.2) is 0 Å². The first-order valence-corrected chi connectivity index (χ1v) is 8.35. The maximum absolute atomic E-state index is 6.11. The van der Waals surface area contributed by atoms with E-state index in [1.54, 1.807) is 0 Å². The van der Waals surface area contributed by atoms with E-state index >= 15 is 0 Å². The summed E-state index contributed by atoms with van der Waals surface area (Å²) < 4.78 is 6.11. The Morgan fingerprint density at radius 2 is 1.90 bits per heavy atom. The maximum atomic E-state index is 6.11. The van der Waals surface area contributed by atoms with E-state index < -0.39 is 0 Å².